The van der Waals surface area contributed by atoms with Crippen LogP contribution in [-0.2, 0) is 25.4 Å². The first-order valence-corrected chi connectivity index (χ1v) is 19.7. The van der Waals surface area contributed by atoms with Gasteiger partial charge in [0.2, 0.25) is 0 Å². The van der Waals surface area contributed by atoms with E-state index in [1.165, 1.54) is 17.7 Å². The largest absolute Gasteiger partial charge is 0.416 e. The average Bonchev–Trinajstić information content (AvgIpc) is 3.14. The summed E-state index contributed by atoms with van der Waals surface area (Å²) >= 11 is 0. The van der Waals surface area contributed by atoms with E-state index in [4.69, 9.17) is 0 Å². The van der Waals surface area contributed by atoms with E-state index < -0.39 is 23.5 Å². The van der Waals surface area contributed by atoms with E-state index in [9.17, 15) is 26.3 Å². The number of halogens is 6. The lowest BCUT2D eigenvalue weighted by atomic mass is 9.96. The minimum absolute atomic E-state index is 0. The van der Waals surface area contributed by atoms with Crippen molar-refractivity contribution in [1.82, 2.24) is 19.6 Å². The lowest BCUT2D eigenvalue weighted by Gasteiger charge is -2.34. The Hall–Kier alpha value is -2.92. The van der Waals surface area contributed by atoms with Crippen molar-refractivity contribution in [3.8, 4) is 0 Å². The van der Waals surface area contributed by atoms with E-state index in [2.05, 4.69) is 64.6 Å². The topological polar surface area (TPSA) is 13.0 Å². The summed E-state index contributed by atoms with van der Waals surface area (Å²) in [6, 6.07) is 20.1. The molecule has 0 unspecified atom stereocenters. The zero-order valence-electron chi connectivity index (χ0n) is 34.4. The van der Waals surface area contributed by atoms with Crippen molar-refractivity contribution in [2.24, 2.45) is 0 Å². The second kappa shape index (κ2) is 24.0. The van der Waals surface area contributed by atoms with Crippen molar-refractivity contribution in [2.45, 2.75) is 113 Å². The van der Waals surface area contributed by atoms with E-state index >= 15 is 0 Å². The van der Waals surface area contributed by atoms with Gasteiger partial charge in [-0.25, -0.2) is 0 Å². The molecule has 2 aliphatic heterocycles. The van der Waals surface area contributed by atoms with Crippen molar-refractivity contribution in [3.63, 3.8) is 0 Å². The van der Waals surface area contributed by atoms with Crippen molar-refractivity contribution in [1.29, 1.82) is 0 Å². The molecule has 55 heavy (non-hydrogen) atoms. The molecule has 10 heteroatoms. The number of hydrogen-bond donors (Lipinski definition) is 0. The molecule has 2 heterocycles. The van der Waals surface area contributed by atoms with Crippen LogP contribution in [0.15, 0.2) is 66.7 Å². The fourth-order valence-corrected chi connectivity index (χ4v) is 6.30. The fourth-order valence-electron chi connectivity index (χ4n) is 6.30. The first kappa shape index (κ1) is 50.1. The Morgan fingerprint density at radius 2 is 0.855 bits per heavy atom. The normalized spacial score (nSPS) is 16.1. The molecule has 3 aromatic carbocycles. The highest BCUT2D eigenvalue weighted by Crippen LogP contribution is 2.36. The second-order valence-electron chi connectivity index (χ2n) is 15.0. The van der Waals surface area contributed by atoms with Crippen LogP contribution in [0.2, 0.25) is 0 Å². The van der Waals surface area contributed by atoms with Crippen molar-refractivity contribution < 1.29 is 26.3 Å². The summed E-state index contributed by atoms with van der Waals surface area (Å²) in [4.78, 5) is 8.73. The number of alkyl halides is 6. The smallest absolute Gasteiger partial charge is 0.304 e. The van der Waals surface area contributed by atoms with Gasteiger partial charge >= 0.3 is 12.4 Å². The molecule has 2 saturated heterocycles. The van der Waals surface area contributed by atoms with Gasteiger partial charge in [0.15, 0.2) is 0 Å². The summed E-state index contributed by atoms with van der Waals surface area (Å²) in [5, 5.41) is 0. The molecular formula is C45H70F6N4. The van der Waals surface area contributed by atoms with Crippen LogP contribution in [0.4, 0.5) is 26.3 Å². The van der Waals surface area contributed by atoms with E-state index in [-0.39, 0.29) is 19.3 Å². The molecule has 3 aromatic rings. The second-order valence-corrected chi connectivity index (χ2v) is 15.0. The van der Waals surface area contributed by atoms with Crippen LogP contribution in [0, 0.1) is 0 Å². The molecule has 0 N–H and O–H groups in total. The van der Waals surface area contributed by atoms with Gasteiger partial charge in [-0.05, 0) is 71.3 Å². The molecule has 0 aliphatic carbocycles. The van der Waals surface area contributed by atoms with Crippen LogP contribution in [-0.4, -0.2) is 85.6 Å². The van der Waals surface area contributed by atoms with Crippen LogP contribution < -0.4 is 0 Å². The Kier molecular flexibility index (Phi) is 21.8. The zero-order chi connectivity index (χ0) is 40.6. The van der Waals surface area contributed by atoms with Crippen LogP contribution in [0.5, 0.6) is 0 Å². The minimum Gasteiger partial charge on any atom is -0.304 e. The highest BCUT2D eigenvalue weighted by molar-refractivity contribution is 5.36. The lowest BCUT2D eigenvalue weighted by molar-refractivity contribution is -0.139. The Balaban J connectivity index is 0.000000429. The van der Waals surface area contributed by atoms with Gasteiger partial charge in [-0.3, -0.25) is 9.80 Å². The predicted octanol–water partition coefficient (Wildman–Crippen LogP) is 12.0. The summed E-state index contributed by atoms with van der Waals surface area (Å²) in [5.74, 6) is 0.859. The number of hydrogen-bond acceptors (Lipinski definition) is 4. The highest BCUT2D eigenvalue weighted by atomic mass is 19.4. The summed E-state index contributed by atoms with van der Waals surface area (Å²) in [7, 11) is 2.04. The Bertz CT molecular complexity index is 1470. The number of benzene rings is 3. The summed E-state index contributed by atoms with van der Waals surface area (Å²) in [6.07, 6.45) is -8.57. The van der Waals surface area contributed by atoms with Crippen LogP contribution in [0.3, 0.4) is 0 Å². The molecule has 0 atom stereocenters. The van der Waals surface area contributed by atoms with E-state index in [1.807, 2.05) is 66.8 Å². The molecule has 2 fully saturated rings. The fraction of sp³-hybridized carbons (Fsp3) is 0.600. The van der Waals surface area contributed by atoms with Gasteiger partial charge in [-0.15, -0.1) is 0 Å². The van der Waals surface area contributed by atoms with Gasteiger partial charge in [-0.2, -0.15) is 26.3 Å². The van der Waals surface area contributed by atoms with Gasteiger partial charge in [0, 0.05) is 65.4 Å². The zero-order valence-corrected chi connectivity index (χ0v) is 34.4. The number of rotatable bonds is 8. The molecule has 0 saturated carbocycles. The third kappa shape index (κ3) is 17.0. The van der Waals surface area contributed by atoms with Gasteiger partial charge in [0.05, 0.1) is 11.1 Å². The maximum Gasteiger partial charge on any atom is 0.416 e. The molecule has 312 valence electrons. The summed E-state index contributed by atoms with van der Waals surface area (Å²) in [6.45, 7) is 26.9. The van der Waals surface area contributed by atoms with Crippen molar-refractivity contribution in [2.75, 3.05) is 66.0 Å². The SMILES string of the molecule is C.CC.CC(C)c1ccc(CN2CCN(C)CC2)c(C(F)(F)F)c1.CC(C)c1ccccc1.CCN1CCN(Cc2ccc(C(C)C)cc2C(F)(F)F)CC1. The molecule has 5 rings (SSSR count). The molecule has 0 aromatic heterocycles. The third-order valence-corrected chi connectivity index (χ3v) is 9.97. The van der Waals surface area contributed by atoms with E-state index in [1.54, 1.807) is 12.1 Å². The molecule has 4 nitrogen and oxygen atoms in total. The summed E-state index contributed by atoms with van der Waals surface area (Å²) < 4.78 is 79.9. The lowest BCUT2D eigenvalue weighted by Crippen LogP contribution is -2.45. The molecule has 2 aliphatic rings. The average molecular weight is 781 g/mol. The highest BCUT2D eigenvalue weighted by Gasteiger charge is 2.35. The van der Waals surface area contributed by atoms with Gasteiger partial charge in [0.1, 0.15) is 0 Å². The quantitative estimate of drug-likeness (QED) is 0.211. The maximum atomic E-state index is 13.3. The molecule has 0 spiro atoms. The summed E-state index contributed by atoms with van der Waals surface area (Å²) in [5.41, 5.74) is 2.72. The third-order valence-electron chi connectivity index (χ3n) is 9.97. The first-order chi connectivity index (χ1) is 25.4. The van der Waals surface area contributed by atoms with Gasteiger partial charge in [-0.1, -0.05) is 124 Å². The molecule has 0 radical (unpaired) electrons. The monoisotopic (exact) mass is 781 g/mol. The minimum atomic E-state index is -4.29. The van der Waals surface area contributed by atoms with E-state index in [0.29, 0.717) is 30.1 Å². The van der Waals surface area contributed by atoms with Crippen LogP contribution >= 0.6 is 0 Å². The van der Waals surface area contributed by atoms with Crippen LogP contribution in [0.25, 0.3) is 0 Å². The molecule has 0 amide bonds. The van der Waals surface area contributed by atoms with Gasteiger partial charge in [0.25, 0.3) is 0 Å². The molecular weight excluding hydrogens is 711 g/mol. The van der Waals surface area contributed by atoms with Gasteiger partial charge < -0.3 is 9.80 Å². The van der Waals surface area contributed by atoms with E-state index in [0.717, 1.165) is 70.0 Å². The van der Waals surface area contributed by atoms with Crippen LogP contribution in [0.1, 0.15) is 126 Å². The standard InChI is InChI=1S/C17H25F3N2.C16H23F3N2.C9H12.C2H6.CH4/c1-4-21-7-9-22(10-8-21)12-15-6-5-14(13(2)3)11-16(15)17(18,19)20;1-12(2)13-4-5-14(15(10-13)16(17,18)19)11-21-8-6-20(3)7-9-21;1-8(2)9-6-4-3-5-7-9;1-2;/h5-6,11,13H,4,7-10,12H2,1-3H3;4-5,10,12H,6-9,11H2,1-3H3;3-8H,1-2H3;1-2H3;1H4. The Morgan fingerprint density at radius 1 is 0.509 bits per heavy atom. The predicted molar refractivity (Wildman–Crippen MR) is 220 cm³/mol. The van der Waals surface area contributed by atoms with Crippen molar-refractivity contribution in [3.05, 3.63) is 106 Å². The Labute approximate surface area is 329 Å². The number of likely N-dealkylation sites (N-methyl/N-ethyl adjacent to an activating group) is 2. The molecule has 0 bridgehead atoms. The van der Waals surface area contributed by atoms with Crippen molar-refractivity contribution >= 4 is 0 Å². The number of piperazine rings is 2. The first-order valence-electron chi connectivity index (χ1n) is 19.7. The number of nitrogens with zero attached hydrogens (tertiary/aromatic N) is 4. The Morgan fingerprint density at radius 3 is 1.16 bits per heavy atom. The maximum absolute atomic E-state index is 13.3.